The van der Waals surface area contributed by atoms with Crippen LogP contribution < -0.4 is 5.73 Å². The van der Waals surface area contributed by atoms with Crippen LogP contribution in [0.4, 0.5) is 0 Å². The molecule has 0 aliphatic heterocycles. The van der Waals surface area contributed by atoms with Crippen LogP contribution in [0.3, 0.4) is 0 Å². The van der Waals surface area contributed by atoms with Crippen molar-refractivity contribution in [2.75, 3.05) is 18.1 Å². The smallest absolute Gasteiger partial charge is 0.0602 e. The van der Waals surface area contributed by atoms with Gasteiger partial charge in [0, 0.05) is 18.1 Å². The van der Waals surface area contributed by atoms with Crippen LogP contribution in [0.15, 0.2) is 0 Å². The molecule has 2 radical (unpaired) electrons. The van der Waals surface area contributed by atoms with E-state index in [-0.39, 0.29) is 12.6 Å². The van der Waals surface area contributed by atoms with Crippen molar-refractivity contribution in [3.8, 4) is 0 Å². The van der Waals surface area contributed by atoms with Crippen LogP contribution in [-0.4, -0.2) is 29.3 Å². The lowest BCUT2D eigenvalue weighted by atomic mass is 10.5. The largest absolute Gasteiger partial charge is 0.393 e. The molecule has 0 fully saturated rings. The van der Waals surface area contributed by atoms with E-state index in [4.69, 9.17) is 10.8 Å². The van der Waals surface area contributed by atoms with E-state index >= 15 is 0 Å². The topological polar surface area (TPSA) is 42.5 Å². The molecule has 2 nitrogen and oxygen atoms in total. The fraction of sp³-hybridized carbons (Fsp3) is 1.00. The van der Waals surface area contributed by atoms with Crippen molar-refractivity contribution >= 4 is 11.8 Å². The molecule has 1 unspecified atom stereocenters. The summed E-state index contributed by atoms with van der Waals surface area (Å²) in [5.41, 5.74) is 8.28. The lowest BCUT2D eigenvalue weighted by molar-refractivity contribution is 0.220. The molecule has 0 rings (SSSR count). The first kappa shape index (κ1) is 8.27. The van der Waals surface area contributed by atoms with Gasteiger partial charge in [0.05, 0.1) is 6.10 Å². The maximum absolute atomic E-state index is 8.68. The third-order valence-electron chi connectivity index (χ3n) is 0.595. The van der Waals surface area contributed by atoms with Crippen molar-refractivity contribution in [3.05, 3.63) is 0 Å². The Balaban J connectivity index is 2.72. The lowest BCUT2D eigenvalue weighted by Crippen LogP contribution is -2.04. The molecule has 1 atom stereocenters. The van der Waals surface area contributed by atoms with Crippen LogP contribution in [0.1, 0.15) is 6.92 Å². The predicted molar refractivity (Wildman–Crippen MR) is 36.0 cm³/mol. The van der Waals surface area contributed by atoms with Crippen LogP contribution in [-0.2, 0) is 0 Å². The summed E-state index contributed by atoms with van der Waals surface area (Å²) in [7, 11) is 0. The average molecular weight is 133 g/mol. The van der Waals surface area contributed by atoms with Gasteiger partial charge in [-0.1, -0.05) is 0 Å². The maximum Gasteiger partial charge on any atom is 0.0602 e. The average Bonchev–Trinajstić information content (AvgIpc) is 1.66. The second-order valence-corrected chi connectivity index (χ2v) is 2.80. The summed E-state index contributed by atoms with van der Waals surface area (Å²) in [5.74, 6) is 1.45. The molecule has 48 valence electrons. The Kier molecular flexibility index (Phi) is 5.59. The van der Waals surface area contributed by atoms with Crippen molar-refractivity contribution in [2.45, 2.75) is 13.0 Å². The SMILES string of the molecule is CC(O)CSCC[N]. The molecule has 0 saturated carbocycles. The van der Waals surface area contributed by atoms with E-state index < -0.39 is 0 Å². The van der Waals surface area contributed by atoms with Gasteiger partial charge in [0.25, 0.3) is 0 Å². The van der Waals surface area contributed by atoms with Crippen molar-refractivity contribution in [3.63, 3.8) is 0 Å². The van der Waals surface area contributed by atoms with E-state index in [1.807, 2.05) is 0 Å². The van der Waals surface area contributed by atoms with Crippen LogP contribution >= 0.6 is 11.8 Å². The Labute approximate surface area is 54.5 Å². The molecule has 8 heavy (non-hydrogen) atoms. The van der Waals surface area contributed by atoms with E-state index in [2.05, 4.69) is 0 Å². The van der Waals surface area contributed by atoms with Gasteiger partial charge in [-0.05, 0) is 6.92 Å². The first-order valence-electron chi connectivity index (χ1n) is 2.64. The van der Waals surface area contributed by atoms with E-state index in [9.17, 15) is 0 Å². The highest BCUT2D eigenvalue weighted by Crippen LogP contribution is 1.99. The summed E-state index contributed by atoms with van der Waals surface area (Å²) < 4.78 is 0. The molecule has 0 saturated heterocycles. The monoisotopic (exact) mass is 133 g/mol. The Morgan fingerprint density at radius 2 is 2.38 bits per heavy atom. The zero-order valence-electron chi connectivity index (χ0n) is 5.00. The number of aliphatic hydroxyl groups is 1. The number of hydrogen-bond acceptors (Lipinski definition) is 2. The van der Waals surface area contributed by atoms with Crippen LogP contribution in [0.2, 0.25) is 0 Å². The van der Waals surface area contributed by atoms with Crippen LogP contribution in [0.25, 0.3) is 0 Å². The fourth-order valence-electron chi connectivity index (χ4n) is 0.318. The highest BCUT2D eigenvalue weighted by Gasteiger charge is 1.92. The van der Waals surface area contributed by atoms with Gasteiger partial charge in [-0.3, -0.25) is 0 Å². The minimum atomic E-state index is -0.244. The van der Waals surface area contributed by atoms with Crippen LogP contribution in [0, 0.1) is 0 Å². The van der Waals surface area contributed by atoms with Crippen molar-refractivity contribution < 1.29 is 5.11 Å². The minimum Gasteiger partial charge on any atom is -0.393 e. The summed E-state index contributed by atoms with van der Waals surface area (Å²) in [6.45, 7) is 1.95. The second kappa shape index (κ2) is 5.41. The Bertz CT molecular complexity index is 49.7. The van der Waals surface area contributed by atoms with Crippen LogP contribution in [0.5, 0.6) is 0 Å². The molecule has 0 aliphatic carbocycles. The van der Waals surface area contributed by atoms with Gasteiger partial charge < -0.3 is 5.11 Å². The third kappa shape index (κ3) is 6.27. The Morgan fingerprint density at radius 1 is 1.75 bits per heavy atom. The van der Waals surface area contributed by atoms with Gasteiger partial charge in [-0.2, -0.15) is 11.8 Å². The van der Waals surface area contributed by atoms with Crippen molar-refractivity contribution in [1.82, 2.24) is 5.73 Å². The van der Waals surface area contributed by atoms with Gasteiger partial charge in [-0.25, -0.2) is 0 Å². The van der Waals surface area contributed by atoms with Crippen molar-refractivity contribution in [2.24, 2.45) is 0 Å². The summed E-state index contributed by atoms with van der Waals surface area (Å²) in [5, 5.41) is 8.68. The summed E-state index contributed by atoms with van der Waals surface area (Å²) in [6.07, 6.45) is -0.244. The third-order valence-corrected chi connectivity index (χ3v) is 1.78. The minimum absolute atomic E-state index is 0.206. The van der Waals surface area contributed by atoms with E-state index in [1.54, 1.807) is 18.7 Å². The molecule has 1 N–H and O–H groups in total. The summed E-state index contributed by atoms with van der Waals surface area (Å²) >= 11 is 1.56. The van der Waals surface area contributed by atoms with Gasteiger partial charge in [0.15, 0.2) is 0 Å². The maximum atomic E-state index is 8.68. The molecular formula is C5H11NOS. The molecular weight excluding hydrogens is 122 g/mol. The van der Waals surface area contributed by atoms with Gasteiger partial charge >= 0.3 is 0 Å². The number of nitrogens with zero attached hydrogens (tertiary/aromatic N) is 1. The zero-order chi connectivity index (χ0) is 6.41. The number of aliphatic hydroxyl groups excluding tert-OH is 1. The molecule has 0 aromatic carbocycles. The predicted octanol–water partition coefficient (Wildman–Crippen LogP) is 0.169. The quantitative estimate of drug-likeness (QED) is 0.555. The van der Waals surface area contributed by atoms with Crippen molar-refractivity contribution in [1.29, 1.82) is 0 Å². The molecule has 0 aliphatic rings. The molecule has 0 aromatic rings. The summed E-state index contributed by atoms with van der Waals surface area (Å²) in [6, 6.07) is 0. The highest BCUT2D eigenvalue weighted by atomic mass is 32.2. The molecule has 3 heteroatoms. The molecule has 0 heterocycles. The van der Waals surface area contributed by atoms with E-state index in [0.717, 1.165) is 11.5 Å². The first-order valence-corrected chi connectivity index (χ1v) is 3.79. The number of hydrogen-bond donors (Lipinski definition) is 1. The number of rotatable bonds is 4. The molecule has 0 amide bonds. The normalized spacial score (nSPS) is 13.9. The van der Waals surface area contributed by atoms with Gasteiger partial charge in [0.2, 0.25) is 0 Å². The standard InChI is InChI=1S/C5H11NOS/c1-5(7)4-8-3-2-6/h5,7H,2-4H2,1H3. The Hall–Kier alpha value is 0.270. The van der Waals surface area contributed by atoms with Gasteiger partial charge in [-0.15, -0.1) is 5.73 Å². The highest BCUT2D eigenvalue weighted by molar-refractivity contribution is 7.99. The molecule has 0 bridgehead atoms. The van der Waals surface area contributed by atoms with E-state index in [1.165, 1.54) is 0 Å². The lowest BCUT2D eigenvalue weighted by Gasteiger charge is -1.99. The van der Waals surface area contributed by atoms with E-state index in [0.29, 0.717) is 0 Å². The van der Waals surface area contributed by atoms with Gasteiger partial charge in [0.1, 0.15) is 0 Å². The summed E-state index contributed by atoms with van der Waals surface area (Å²) in [4.78, 5) is 0. The molecule has 0 aromatic heterocycles. The zero-order valence-corrected chi connectivity index (χ0v) is 5.82. The first-order chi connectivity index (χ1) is 3.77. The fourth-order valence-corrected chi connectivity index (χ4v) is 0.955. The second-order valence-electron chi connectivity index (χ2n) is 1.65. The molecule has 0 spiro atoms. The Morgan fingerprint density at radius 3 is 2.75 bits per heavy atom. The number of thioether (sulfide) groups is 1.